The fourth-order valence-corrected chi connectivity index (χ4v) is 2.87. The van der Waals surface area contributed by atoms with Crippen LogP contribution in [-0.2, 0) is 9.59 Å². The first kappa shape index (κ1) is 15.3. The van der Waals surface area contributed by atoms with Crippen LogP contribution in [0.1, 0.15) is 20.7 Å². The Morgan fingerprint density at radius 2 is 1.87 bits per heavy atom. The number of hydrogen-bond donors (Lipinski definition) is 3. The third-order valence-electron chi connectivity index (χ3n) is 4.04. The molecule has 0 aliphatic carbocycles. The molecular formula is C15H16N4O4. The number of primary amides is 1. The Labute approximate surface area is 132 Å². The lowest BCUT2D eigenvalue weighted by molar-refractivity contribution is -0.121. The van der Waals surface area contributed by atoms with E-state index >= 15 is 0 Å². The molecule has 120 valence electrons. The van der Waals surface area contributed by atoms with Gasteiger partial charge in [0.25, 0.3) is 11.7 Å². The molecule has 0 radical (unpaired) electrons. The van der Waals surface area contributed by atoms with Crippen LogP contribution in [0.2, 0.25) is 0 Å². The van der Waals surface area contributed by atoms with E-state index in [1.807, 2.05) is 0 Å². The molecule has 2 aliphatic heterocycles. The Hall–Kier alpha value is -2.58. The number of nitrogens with two attached hydrogens (primary N) is 1. The van der Waals surface area contributed by atoms with Crippen molar-refractivity contribution < 1.29 is 19.2 Å². The minimum absolute atomic E-state index is 0.143. The summed E-state index contributed by atoms with van der Waals surface area (Å²) in [5.74, 6) is -2.60. The molecule has 8 nitrogen and oxygen atoms in total. The molecule has 1 aromatic rings. The average molecular weight is 316 g/mol. The van der Waals surface area contributed by atoms with Gasteiger partial charge in [0.1, 0.15) is 0 Å². The number of nitrogens with zero attached hydrogens (tertiary/aromatic N) is 1. The number of hydrogen-bond acceptors (Lipinski definition) is 6. The predicted molar refractivity (Wildman–Crippen MR) is 81.2 cm³/mol. The fourth-order valence-electron chi connectivity index (χ4n) is 2.87. The van der Waals surface area contributed by atoms with Gasteiger partial charge >= 0.3 is 0 Å². The molecule has 1 unspecified atom stereocenters. The summed E-state index contributed by atoms with van der Waals surface area (Å²) < 4.78 is 0. The average Bonchev–Trinajstić information content (AvgIpc) is 2.82. The SMILES string of the molecule is NC(=O)C(C(=O)c1ccc2c(c1)C(=O)C(=O)N2)N1CCNCC1. The fraction of sp³-hybridized carbons (Fsp3) is 0.333. The molecule has 2 amide bonds. The Bertz CT molecular complexity index is 709. The standard InChI is InChI=1S/C15H16N4O4/c16-14(22)11(19-5-3-17-4-6-19)12(20)8-1-2-10-9(7-8)13(21)15(23)18-10/h1-2,7,11,17H,3-6H2,(H2,16,22)(H,18,21,23). The number of anilines is 1. The van der Waals surface area contributed by atoms with E-state index in [0.717, 1.165) is 0 Å². The van der Waals surface area contributed by atoms with Crippen molar-refractivity contribution >= 4 is 29.1 Å². The maximum Gasteiger partial charge on any atom is 0.296 e. The predicted octanol–water partition coefficient (Wildman–Crippen LogP) is -1.24. The van der Waals surface area contributed by atoms with Gasteiger partial charge in [0, 0.05) is 31.7 Å². The minimum atomic E-state index is -1.07. The number of rotatable bonds is 4. The second-order valence-electron chi connectivity index (χ2n) is 5.50. The highest BCUT2D eigenvalue weighted by Crippen LogP contribution is 2.25. The normalized spacial score (nSPS) is 19.1. The number of nitrogens with one attached hydrogen (secondary N) is 2. The van der Waals surface area contributed by atoms with Gasteiger partial charge in [-0.2, -0.15) is 0 Å². The highest BCUT2D eigenvalue weighted by atomic mass is 16.2. The topological polar surface area (TPSA) is 122 Å². The number of Topliss-reactive ketones (excluding diaryl/α,β-unsaturated/α-hetero) is 2. The molecule has 23 heavy (non-hydrogen) atoms. The summed E-state index contributed by atoms with van der Waals surface area (Å²) in [6.07, 6.45) is 0. The molecule has 1 fully saturated rings. The third kappa shape index (κ3) is 2.73. The van der Waals surface area contributed by atoms with Gasteiger partial charge in [-0.15, -0.1) is 0 Å². The maximum absolute atomic E-state index is 12.7. The van der Waals surface area contributed by atoms with Crippen LogP contribution < -0.4 is 16.4 Å². The Morgan fingerprint density at radius 1 is 1.17 bits per heavy atom. The largest absolute Gasteiger partial charge is 0.368 e. The first-order valence-corrected chi connectivity index (χ1v) is 7.27. The molecule has 2 heterocycles. The quantitative estimate of drug-likeness (QED) is 0.363. The van der Waals surface area contributed by atoms with Gasteiger partial charge in [-0.1, -0.05) is 0 Å². The molecule has 8 heteroatoms. The monoisotopic (exact) mass is 316 g/mol. The van der Waals surface area contributed by atoms with E-state index in [9.17, 15) is 19.2 Å². The molecule has 3 rings (SSSR count). The Kier molecular flexibility index (Phi) is 3.93. The highest BCUT2D eigenvalue weighted by Gasteiger charge is 2.34. The van der Waals surface area contributed by atoms with Crippen LogP contribution in [0.4, 0.5) is 5.69 Å². The van der Waals surface area contributed by atoms with E-state index in [-0.39, 0.29) is 11.1 Å². The van der Waals surface area contributed by atoms with Gasteiger partial charge in [-0.25, -0.2) is 0 Å². The number of ketones is 2. The summed E-state index contributed by atoms with van der Waals surface area (Å²) in [7, 11) is 0. The van der Waals surface area contributed by atoms with Gasteiger partial charge in [0.05, 0.1) is 11.3 Å². The highest BCUT2D eigenvalue weighted by molar-refractivity contribution is 6.51. The summed E-state index contributed by atoms with van der Waals surface area (Å²) in [6.45, 7) is 2.39. The van der Waals surface area contributed by atoms with Crippen molar-refractivity contribution in [3.63, 3.8) is 0 Å². The lowest BCUT2D eigenvalue weighted by Crippen LogP contribution is -2.56. The second-order valence-corrected chi connectivity index (χ2v) is 5.50. The number of carbonyl (C=O) groups excluding carboxylic acids is 4. The van der Waals surface area contributed by atoms with Crippen molar-refractivity contribution in [2.45, 2.75) is 6.04 Å². The van der Waals surface area contributed by atoms with E-state index in [0.29, 0.717) is 31.9 Å². The van der Waals surface area contributed by atoms with Crippen molar-refractivity contribution in [2.24, 2.45) is 5.73 Å². The van der Waals surface area contributed by atoms with E-state index in [1.54, 1.807) is 4.90 Å². The van der Waals surface area contributed by atoms with E-state index in [1.165, 1.54) is 18.2 Å². The number of fused-ring (bicyclic) bond motifs is 1. The molecule has 4 N–H and O–H groups in total. The van der Waals surface area contributed by atoms with Gasteiger partial charge in [0.2, 0.25) is 5.91 Å². The zero-order chi connectivity index (χ0) is 16.6. The number of piperazine rings is 1. The molecule has 1 atom stereocenters. The molecule has 1 aromatic carbocycles. The molecule has 0 bridgehead atoms. The van der Waals surface area contributed by atoms with Crippen molar-refractivity contribution in [3.05, 3.63) is 29.3 Å². The molecule has 0 saturated carbocycles. The molecule has 1 saturated heterocycles. The molecule has 0 aromatic heterocycles. The van der Waals surface area contributed by atoms with Crippen molar-refractivity contribution in [3.8, 4) is 0 Å². The first-order valence-electron chi connectivity index (χ1n) is 7.27. The van der Waals surface area contributed by atoms with E-state index in [4.69, 9.17) is 5.73 Å². The zero-order valence-electron chi connectivity index (χ0n) is 12.3. The molecule has 2 aliphatic rings. The smallest absolute Gasteiger partial charge is 0.296 e. The Balaban J connectivity index is 1.91. The van der Waals surface area contributed by atoms with Gasteiger partial charge in [-0.3, -0.25) is 24.1 Å². The van der Waals surface area contributed by atoms with Crippen molar-refractivity contribution in [1.82, 2.24) is 10.2 Å². The first-order chi connectivity index (χ1) is 11.0. The second kappa shape index (κ2) is 5.90. The van der Waals surface area contributed by atoms with Gasteiger partial charge in [0.15, 0.2) is 11.8 Å². The lowest BCUT2D eigenvalue weighted by Gasteiger charge is -2.32. The van der Waals surface area contributed by atoms with E-state index < -0.39 is 29.4 Å². The molecular weight excluding hydrogens is 300 g/mol. The number of amides is 2. The summed E-state index contributed by atoms with van der Waals surface area (Å²) in [4.78, 5) is 49.3. The third-order valence-corrected chi connectivity index (χ3v) is 4.04. The maximum atomic E-state index is 12.7. The minimum Gasteiger partial charge on any atom is -0.368 e. The van der Waals surface area contributed by atoms with E-state index in [2.05, 4.69) is 10.6 Å². The van der Waals surface area contributed by atoms with Crippen LogP contribution in [0.15, 0.2) is 18.2 Å². The van der Waals surface area contributed by atoms with Crippen LogP contribution in [0.3, 0.4) is 0 Å². The summed E-state index contributed by atoms with van der Waals surface area (Å²) in [5.41, 5.74) is 6.12. The van der Waals surface area contributed by atoms with Gasteiger partial charge < -0.3 is 16.4 Å². The summed E-state index contributed by atoms with van der Waals surface area (Å²) >= 11 is 0. The van der Waals surface area contributed by atoms with Crippen LogP contribution in [0.5, 0.6) is 0 Å². The van der Waals surface area contributed by atoms with Crippen LogP contribution in [-0.4, -0.2) is 60.5 Å². The number of carbonyl (C=O) groups is 4. The van der Waals surface area contributed by atoms with Crippen LogP contribution in [0, 0.1) is 0 Å². The van der Waals surface area contributed by atoms with Gasteiger partial charge in [-0.05, 0) is 18.2 Å². The van der Waals surface area contributed by atoms with Crippen molar-refractivity contribution in [2.75, 3.05) is 31.5 Å². The summed E-state index contributed by atoms with van der Waals surface area (Å²) in [6, 6.07) is 3.24. The van der Waals surface area contributed by atoms with Crippen LogP contribution in [0.25, 0.3) is 0 Å². The summed E-state index contributed by atoms with van der Waals surface area (Å²) in [5, 5.41) is 5.55. The van der Waals surface area contributed by atoms with Crippen molar-refractivity contribution in [1.29, 1.82) is 0 Å². The molecule has 0 spiro atoms. The number of benzene rings is 1. The Morgan fingerprint density at radius 3 is 2.52 bits per heavy atom. The van der Waals surface area contributed by atoms with Crippen LogP contribution >= 0.6 is 0 Å². The zero-order valence-corrected chi connectivity index (χ0v) is 12.3. The lowest BCUT2D eigenvalue weighted by atomic mass is 9.98.